The van der Waals surface area contributed by atoms with Crippen LogP contribution in [0.25, 0.3) is 10.9 Å². The predicted octanol–water partition coefficient (Wildman–Crippen LogP) is 1.90. The van der Waals surface area contributed by atoms with Gasteiger partial charge in [-0.3, -0.25) is 19.4 Å². The van der Waals surface area contributed by atoms with Crippen LogP contribution in [0.3, 0.4) is 0 Å². The van der Waals surface area contributed by atoms with E-state index in [1.165, 1.54) is 18.1 Å². The second-order valence-corrected chi connectivity index (χ2v) is 7.13. The van der Waals surface area contributed by atoms with Gasteiger partial charge in [-0.1, -0.05) is 6.07 Å². The molecule has 0 unspecified atom stereocenters. The number of ether oxygens (including phenoxy) is 2. The Bertz CT molecular complexity index is 929. The summed E-state index contributed by atoms with van der Waals surface area (Å²) in [6.07, 6.45) is 3.53. The van der Waals surface area contributed by atoms with E-state index < -0.39 is 17.7 Å². The van der Waals surface area contributed by atoms with Crippen molar-refractivity contribution in [1.29, 1.82) is 0 Å². The lowest BCUT2D eigenvalue weighted by molar-refractivity contribution is -0.191. The molecule has 3 fully saturated rings. The molecule has 3 saturated heterocycles. The molecule has 8 nitrogen and oxygen atoms in total. The Morgan fingerprint density at radius 2 is 2.14 bits per heavy atom. The maximum atomic E-state index is 13.1. The number of aromatic nitrogens is 1. The van der Waals surface area contributed by atoms with Crippen molar-refractivity contribution in [1.82, 2.24) is 15.0 Å². The molecule has 28 heavy (non-hydrogen) atoms. The number of nitrogens with one attached hydrogen (secondary N) is 1. The number of hydrogen-bond donors (Lipinski definition) is 1. The number of esters is 1. The van der Waals surface area contributed by atoms with E-state index >= 15 is 0 Å². The summed E-state index contributed by atoms with van der Waals surface area (Å²) in [5.74, 6) is -1.45. The highest BCUT2D eigenvalue weighted by Gasteiger charge is 2.40. The third-order valence-corrected chi connectivity index (χ3v) is 5.36. The van der Waals surface area contributed by atoms with E-state index in [2.05, 4.69) is 4.98 Å². The predicted molar refractivity (Wildman–Crippen MR) is 101 cm³/mol. The number of carbonyl (C=O) groups is 3. The number of carbonyl (C=O) groups excluding carboxylic acids is 3. The Labute approximate surface area is 162 Å². The summed E-state index contributed by atoms with van der Waals surface area (Å²) in [6, 6.07) is 5.21. The Hall–Kier alpha value is -2.71. The first kappa shape index (κ1) is 18.6. The van der Waals surface area contributed by atoms with Crippen LogP contribution in [0, 0.1) is 0 Å². The largest absolute Gasteiger partial charge is 0.426 e. The van der Waals surface area contributed by atoms with E-state index in [0.717, 1.165) is 12.8 Å². The number of likely N-dealkylation sites (N-methyl/N-ethyl adjacent to an activating group) is 1. The summed E-state index contributed by atoms with van der Waals surface area (Å²) in [5.41, 5.74) is 0.831. The molecule has 5 rings (SSSR count). The van der Waals surface area contributed by atoms with Crippen molar-refractivity contribution < 1.29 is 23.9 Å². The molecule has 1 aromatic heterocycles. The number of morpholine rings is 1. The van der Waals surface area contributed by atoms with E-state index in [9.17, 15) is 14.4 Å². The standard InChI is InChI=1S/C20H23N3O5/c1-3-22(23-10-14-8-7-13(23)11-27-14)20(26)19(25)15-9-21-16-5-4-6-17(18(15)16)28-12(2)24/h4-6,9,13-14,21H,3,7-8,10-11H2,1-2H3/t13-,14-/m1/s1. The molecule has 1 N–H and O–H groups in total. The molecule has 0 spiro atoms. The van der Waals surface area contributed by atoms with Gasteiger partial charge in [0.1, 0.15) is 5.75 Å². The average molecular weight is 385 g/mol. The maximum Gasteiger partial charge on any atom is 0.309 e. The third-order valence-electron chi connectivity index (χ3n) is 5.36. The van der Waals surface area contributed by atoms with Gasteiger partial charge >= 0.3 is 11.9 Å². The maximum absolute atomic E-state index is 13.1. The molecule has 8 heteroatoms. The molecule has 4 heterocycles. The summed E-state index contributed by atoms with van der Waals surface area (Å²) in [7, 11) is 0. The van der Waals surface area contributed by atoms with Crippen molar-refractivity contribution in [3.8, 4) is 5.75 Å². The monoisotopic (exact) mass is 385 g/mol. The molecule has 2 atom stereocenters. The van der Waals surface area contributed by atoms with Crippen LogP contribution in [0.15, 0.2) is 24.4 Å². The molecule has 1 aromatic carbocycles. The molecule has 1 amide bonds. The van der Waals surface area contributed by atoms with Crippen molar-refractivity contribution in [3.05, 3.63) is 30.0 Å². The van der Waals surface area contributed by atoms with E-state index in [1.54, 1.807) is 18.2 Å². The number of H-pyrrole nitrogens is 1. The van der Waals surface area contributed by atoms with Crippen LogP contribution in [0.1, 0.15) is 37.0 Å². The van der Waals surface area contributed by atoms with Crippen LogP contribution in [-0.2, 0) is 14.3 Å². The summed E-state index contributed by atoms with van der Waals surface area (Å²) in [5, 5.41) is 3.94. The number of hydrogen-bond acceptors (Lipinski definition) is 6. The number of fused-ring (bicyclic) bond motifs is 4. The summed E-state index contributed by atoms with van der Waals surface area (Å²) >= 11 is 0. The Morgan fingerprint density at radius 1 is 1.32 bits per heavy atom. The van der Waals surface area contributed by atoms with Gasteiger partial charge in [0.2, 0.25) is 0 Å². The zero-order chi connectivity index (χ0) is 19.8. The van der Waals surface area contributed by atoms with Crippen LogP contribution in [0.5, 0.6) is 5.75 Å². The van der Waals surface area contributed by atoms with E-state index in [1.807, 2.05) is 11.9 Å². The van der Waals surface area contributed by atoms with Gasteiger partial charge in [-0.05, 0) is 31.9 Å². The minimum atomic E-state index is -0.630. The van der Waals surface area contributed by atoms with Crippen LogP contribution >= 0.6 is 0 Å². The fraction of sp³-hybridized carbons (Fsp3) is 0.450. The SMILES string of the molecule is CCN(C(=O)C(=O)c1c[nH]c2cccc(OC(C)=O)c12)N1C[C@H]2CC[C@@H]1CO2. The van der Waals surface area contributed by atoms with Crippen molar-refractivity contribution in [2.24, 2.45) is 0 Å². The molecular formula is C20H23N3O5. The summed E-state index contributed by atoms with van der Waals surface area (Å²) < 4.78 is 10.9. The fourth-order valence-electron chi connectivity index (χ4n) is 4.07. The highest BCUT2D eigenvalue weighted by atomic mass is 16.5. The van der Waals surface area contributed by atoms with E-state index in [-0.39, 0.29) is 23.5 Å². The lowest BCUT2D eigenvalue weighted by atomic mass is 9.98. The van der Waals surface area contributed by atoms with Crippen LogP contribution < -0.4 is 4.74 Å². The molecule has 2 aromatic rings. The lowest BCUT2D eigenvalue weighted by Gasteiger charge is -2.49. The Morgan fingerprint density at radius 3 is 2.75 bits per heavy atom. The molecule has 0 aliphatic carbocycles. The zero-order valence-corrected chi connectivity index (χ0v) is 15.9. The number of amides is 1. The van der Waals surface area contributed by atoms with Gasteiger partial charge in [0, 0.05) is 31.7 Å². The van der Waals surface area contributed by atoms with Crippen molar-refractivity contribution in [2.75, 3.05) is 19.7 Å². The third kappa shape index (κ3) is 3.18. The van der Waals surface area contributed by atoms with Gasteiger partial charge in [-0.25, -0.2) is 5.01 Å². The number of hydrazine groups is 1. The Balaban J connectivity index is 1.65. The first-order valence-electron chi connectivity index (χ1n) is 9.52. The number of Topliss-reactive ketones (excluding diaryl/α,β-unsaturated/α-hetero) is 1. The van der Waals surface area contributed by atoms with Crippen LogP contribution in [-0.4, -0.2) is 64.5 Å². The number of rotatable bonds is 5. The van der Waals surface area contributed by atoms with Gasteiger partial charge in [0.15, 0.2) is 0 Å². The van der Waals surface area contributed by atoms with Crippen LogP contribution in [0.2, 0.25) is 0 Å². The highest BCUT2D eigenvalue weighted by Crippen LogP contribution is 2.31. The highest BCUT2D eigenvalue weighted by molar-refractivity contribution is 6.45. The van der Waals surface area contributed by atoms with Gasteiger partial charge < -0.3 is 14.5 Å². The normalized spacial score (nSPS) is 21.6. The van der Waals surface area contributed by atoms with Gasteiger partial charge in [-0.15, -0.1) is 0 Å². The smallest absolute Gasteiger partial charge is 0.309 e. The topological polar surface area (TPSA) is 91.9 Å². The molecule has 0 radical (unpaired) electrons. The average Bonchev–Trinajstić information content (AvgIpc) is 3.14. The molecule has 0 saturated carbocycles. The first-order valence-corrected chi connectivity index (χ1v) is 9.52. The Kier molecular flexibility index (Phi) is 4.91. The summed E-state index contributed by atoms with van der Waals surface area (Å²) in [6.45, 7) is 4.74. The number of piperidine rings is 1. The first-order chi connectivity index (χ1) is 13.5. The van der Waals surface area contributed by atoms with E-state index in [4.69, 9.17) is 9.47 Å². The van der Waals surface area contributed by atoms with E-state index in [0.29, 0.717) is 30.6 Å². The van der Waals surface area contributed by atoms with Gasteiger partial charge in [0.05, 0.1) is 29.7 Å². The molecule has 148 valence electrons. The second kappa shape index (κ2) is 7.37. The number of ketones is 1. The number of aromatic amines is 1. The van der Waals surface area contributed by atoms with Gasteiger partial charge in [-0.2, -0.15) is 0 Å². The molecule has 2 bridgehead atoms. The van der Waals surface area contributed by atoms with Crippen molar-refractivity contribution in [2.45, 2.75) is 38.8 Å². The van der Waals surface area contributed by atoms with Crippen LogP contribution in [0.4, 0.5) is 0 Å². The second-order valence-electron chi connectivity index (χ2n) is 7.13. The molecule has 3 aliphatic heterocycles. The fourth-order valence-corrected chi connectivity index (χ4v) is 4.07. The number of nitrogens with zero attached hydrogens (tertiary/aromatic N) is 2. The van der Waals surface area contributed by atoms with Crippen molar-refractivity contribution in [3.63, 3.8) is 0 Å². The van der Waals surface area contributed by atoms with Gasteiger partial charge in [0.25, 0.3) is 5.78 Å². The quantitative estimate of drug-likeness (QED) is 0.366. The minimum Gasteiger partial charge on any atom is -0.426 e. The lowest BCUT2D eigenvalue weighted by Crippen LogP contribution is -2.62. The minimum absolute atomic E-state index is 0.102. The van der Waals surface area contributed by atoms with Crippen molar-refractivity contribution >= 4 is 28.6 Å². The molecule has 3 aliphatic rings. The molecular weight excluding hydrogens is 362 g/mol. The summed E-state index contributed by atoms with van der Waals surface area (Å²) in [4.78, 5) is 40.6. The zero-order valence-electron chi connectivity index (χ0n) is 15.9. The number of benzene rings is 1.